The van der Waals surface area contributed by atoms with Crippen molar-refractivity contribution in [2.24, 2.45) is 16.8 Å². The van der Waals surface area contributed by atoms with E-state index in [1.54, 1.807) is 20.3 Å². The Morgan fingerprint density at radius 3 is 2.19 bits per heavy atom. The van der Waals surface area contributed by atoms with Crippen molar-refractivity contribution in [1.82, 2.24) is 4.90 Å². The zero-order chi connectivity index (χ0) is 34.0. The van der Waals surface area contributed by atoms with Crippen molar-refractivity contribution in [2.45, 2.75) is 57.3 Å². The number of carbonyl (C=O) groups is 4. The highest BCUT2D eigenvalue weighted by Gasteiger charge is 2.53. The number of imide groups is 1. The number of carboxylic acids is 1. The molecule has 2 fully saturated rings. The number of carbonyl (C=O) groups excluding carboxylic acids is 3. The van der Waals surface area contributed by atoms with E-state index in [0.29, 0.717) is 50.3 Å². The maximum absolute atomic E-state index is 13.6. The molecule has 2 aromatic carbocycles. The SMILES string of the molecule is COc1cc([C@@H]2c3cc4c(cc3[C@@H](N=C3CC(=O)N(CC(=O)O)C3=O)[C@H]3COC(=O)[C@H]23)OCO4)cc(OC)c1O[Si](C)(C)C(C)(C)C. The summed E-state index contributed by atoms with van der Waals surface area (Å²) >= 11 is 0. The van der Waals surface area contributed by atoms with E-state index in [-0.39, 0.29) is 30.6 Å². The Morgan fingerprint density at radius 2 is 1.62 bits per heavy atom. The van der Waals surface area contributed by atoms with Gasteiger partial charge in [0.1, 0.15) is 12.3 Å². The fourth-order valence-corrected chi connectivity index (χ4v) is 7.45. The average molecular weight is 667 g/mol. The molecule has 0 unspecified atom stereocenters. The minimum absolute atomic E-state index is 0.00917. The van der Waals surface area contributed by atoms with Gasteiger partial charge in [-0.25, -0.2) is 0 Å². The molecule has 3 aliphatic heterocycles. The van der Waals surface area contributed by atoms with Crippen molar-refractivity contribution in [2.75, 3.05) is 34.2 Å². The van der Waals surface area contributed by atoms with Gasteiger partial charge in [0.2, 0.25) is 12.7 Å². The smallest absolute Gasteiger partial charge is 0.323 e. The molecule has 250 valence electrons. The van der Waals surface area contributed by atoms with E-state index >= 15 is 0 Å². The summed E-state index contributed by atoms with van der Waals surface area (Å²) in [7, 11) is 0.785. The van der Waals surface area contributed by atoms with Gasteiger partial charge < -0.3 is 33.2 Å². The van der Waals surface area contributed by atoms with E-state index in [9.17, 15) is 24.3 Å². The van der Waals surface area contributed by atoms with Crippen molar-refractivity contribution in [3.05, 3.63) is 41.0 Å². The van der Waals surface area contributed by atoms with Gasteiger partial charge in [0.05, 0.1) is 39.2 Å². The molecule has 14 heteroatoms. The molecule has 13 nitrogen and oxygen atoms in total. The van der Waals surface area contributed by atoms with Crippen LogP contribution in [-0.2, 0) is 23.9 Å². The molecule has 1 aliphatic carbocycles. The fourth-order valence-electron chi connectivity index (χ4n) is 6.43. The zero-order valence-electron chi connectivity index (χ0n) is 27.4. The number of nitrogens with zero attached hydrogens (tertiary/aromatic N) is 2. The third kappa shape index (κ3) is 5.47. The third-order valence-electron chi connectivity index (χ3n) is 9.85. The minimum atomic E-state index is -2.32. The Kier molecular flexibility index (Phi) is 7.97. The van der Waals surface area contributed by atoms with E-state index in [4.69, 9.17) is 33.1 Å². The van der Waals surface area contributed by atoms with Crippen molar-refractivity contribution in [1.29, 1.82) is 0 Å². The van der Waals surface area contributed by atoms with Gasteiger partial charge >= 0.3 is 11.9 Å². The Labute approximate surface area is 272 Å². The molecule has 0 radical (unpaired) electrons. The van der Waals surface area contributed by atoms with Gasteiger partial charge in [-0.15, -0.1) is 0 Å². The number of benzene rings is 2. The Bertz CT molecular complexity index is 1690. The highest BCUT2D eigenvalue weighted by atomic mass is 28.4. The highest BCUT2D eigenvalue weighted by molar-refractivity contribution is 6.74. The van der Waals surface area contributed by atoms with Crippen LogP contribution in [0.25, 0.3) is 0 Å². The van der Waals surface area contributed by atoms with Gasteiger partial charge in [-0.05, 0) is 59.1 Å². The van der Waals surface area contributed by atoms with Crippen LogP contribution in [0.5, 0.6) is 28.7 Å². The predicted octanol–water partition coefficient (Wildman–Crippen LogP) is 4.08. The maximum atomic E-state index is 13.6. The monoisotopic (exact) mass is 666 g/mol. The number of hydrogen-bond donors (Lipinski definition) is 1. The van der Waals surface area contributed by atoms with Crippen molar-refractivity contribution < 1.29 is 52.4 Å². The lowest BCUT2D eigenvalue weighted by atomic mass is 9.65. The number of methoxy groups -OCH3 is 2. The molecule has 0 bridgehead atoms. The first-order chi connectivity index (χ1) is 22.1. The number of amides is 2. The van der Waals surface area contributed by atoms with Crippen LogP contribution in [0.15, 0.2) is 29.3 Å². The Hall–Kier alpha value is -4.59. The number of ether oxygens (including phenoxy) is 5. The second kappa shape index (κ2) is 11.6. The quantitative estimate of drug-likeness (QED) is 0.246. The van der Waals surface area contributed by atoms with Crippen molar-refractivity contribution in [3.63, 3.8) is 0 Å². The molecule has 6 rings (SSSR count). The van der Waals surface area contributed by atoms with E-state index in [2.05, 4.69) is 33.9 Å². The van der Waals surface area contributed by atoms with Crippen LogP contribution in [0.3, 0.4) is 0 Å². The number of cyclic esters (lactones) is 1. The molecule has 3 heterocycles. The zero-order valence-corrected chi connectivity index (χ0v) is 28.4. The molecule has 2 saturated heterocycles. The number of hydrogen-bond acceptors (Lipinski definition) is 11. The minimum Gasteiger partial charge on any atom is -0.539 e. The van der Waals surface area contributed by atoms with E-state index in [1.165, 1.54) is 0 Å². The second-order valence-corrected chi connectivity index (χ2v) is 18.3. The summed E-state index contributed by atoms with van der Waals surface area (Å²) < 4.78 is 35.5. The molecule has 4 atom stereocenters. The Morgan fingerprint density at radius 1 is 1.00 bits per heavy atom. The third-order valence-corrected chi connectivity index (χ3v) is 14.2. The van der Waals surface area contributed by atoms with Gasteiger partial charge in [-0.2, -0.15) is 0 Å². The summed E-state index contributed by atoms with van der Waals surface area (Å²) in [6, 6.07) is 6.53. The maximum Gasteiger partial charge on any atom is 0.323 e. The van der Waals surface area contributed by atoms with Gasteiger partial charge in [0.25, 0.3) is 14.2 Å². The fraction of sp³-hybridized carbons (Fsp3) is 0.485. The number of aliphatic carboxylic acids is 1. The van der Waals surface area contributed by atoms with E-state index in [0.717, 1.165) is 0 Å². The van der Waals surface area contributed by atoms with Crippen LogP contribution < -0.4 is 23.4 Å². The molecule has 1 N–H and O–H groups in total. The molecular weight excluding hydrogens is 628 g/mol. The number of aliphatic imine (C=N–C) groups is 1. The van der Waals surface area contributed by atoms with Gasteiger partial charge in [-0.1, -0.05) is 20.8 Å². The van der Waals surface area contributed by atoms with E-state index < -0.39 is 62.4 Å². The van der Waals surface area contributed by atoms with Gasteiger partial charge in [0.15, 0.2) is 28.7 Å². The number of carboxylic acid groups (broad SMARTS) is 1. The van der Waals surface area contributed by atoms with Crippen LogP contribution >= 0.6 is 0 Å². The number of esters is 1. The Balaban J connectivity index is 1.51. The summed E-state index contributed by atoms with van der Waals surface area (Å²) in [5.41, 5.74) is 2.01. The van der Waals surface area contributed by atoms with Gasteiger partial charge in [0, 0.05) is 11.8 Å². The van der Waals surface area contributed by atoms with Crippen LogP contribution in [0.1, 0.15) is 55.8 Å². The summed E-state index contributed by atoms with van der Waals surface area (Å²) in [5.74, 6) is -2.64. The lowest BCUT2D eigenvalue weighted by Gasteiger charge is -2.39. The lowest BCUT2D eigenvalue weighted by Crippen LogP contribution is -2.44. The number of rotatable bonds is 8. The molecule has 47 heavy (non-hydrogen) atoms. The molecule has 0 saturated carbocycles. The van der Waals surface area contributed by atoms with Gasteiger partial charge in [-0.3, -0.25) is 29.1 Å². The second-order valence-electron chi connectivity index (χ2n) is 13.6. The largest absolute Gasteiger partial charge is 0.539 e. The normalized spacial score (nSPS) is 24.3. The van der Waals surface area contributed by atoms with Crippen molar-refractivity contribution >= 4 is 37.8 Å². The van der Waals surface area contributed by atoms with Crippen LogP contribution in [0.4, 0.5) is 0 Å². The number of fused-ring (bicyclic) bond motifs is 3. The number of likely N-dealkylation sites (tertiary alicyclic amines) is 1. The predicted molar refractivity (Wildman–Crippen MR) is 169 cm³/mol. The topological polar surface area (TPSA) is 159 Å². The summed E-state index contributed by atoms with van der Waals surface area (Å²) in [6.07, 6.45) is -0.345. The first-order valence-corrected chi connectivity index (χ1v) is 18.2. The van der Waals surface area contributed by atoms with Crippen LogP contribution in [-0.4, -0.2) is 82.0 Å². The standard InChI is InChI=1S/C33H38N2O11Si/c1-33(2,3)47(6,7)46-30-23(41-4)8-16(9-24(30)42-5)27-17-10-21-22(45-15-44-21)11-18(17)29(19-14-43-32(40)28(19)27)34-20-12-25(36)35(31(20)39)13-26(37)38/h8-11,19,27-29H,12-15H2,1-7H3,(H,37,38)/t19-,27+,28-,29+/m0/s1. The van der Waals surface area contributed by atoms with Crippen LogP contribution in [0.2, 0.25) is 18.1 Å². The first kappa shape index (κ1) is 32.4. The average Bonchev–Trinajstić information content (AvgIpc) is 3.69. The molecular formula is C33H38N2O11Si. The molecule has 2 amide bonds. The van der Waals surface area contributed by atoms with Crippen molar-refractivity contribution in [3.8, 4) is 28.7 Å². The first-order valence-electron chi connectivity index (χ1n) is 15.3. The lowest BCUT2D eigenvalue weighted by molar-refractivity contribution is -0.147. The highest BCUT2D eigenvalue weighted by Crippen LogP contribution is 2.57. The molecule has 0 spiro atoms. The van der Waals surface area contributed by atoms with E-state index in [1.807, 2.05) is 18.2 Å². The molecule has 0 aromatic heterocycles. The summed E-state index contributed by atoms with van der Waals surface area (Å²) in [5, 5.41) is 9.12. The molecule has 2 aromatic rings. The summed E-state index contributed by atoms with van der Waals surface area (Å²) in [6.45, 7) is 9.95. The summed E-state index contributed by atoms with van der Waals surface area (Å²) in [4.78, 5) is 56.0. The molecule has 4 aliphatic rings. The van der Waals surface area contributed by atoms with Crippen LogP contribution in [0, 0.1) is 11.8 Å².